The Hall–Kier alpha value is 0.420. The number of rotatable bonds is 2. The minimum Gasteiger partial charge on any atom is -0.760 e. The van der Waals surface area contributed by atoms with Gasteiger partial charge < -0.3 is 4.55 Å². The Labute approximate surface area is 44.0 Å². The molecule has 0 saturated carbocycles. The normalized spacial score (nSPS) is 14.3. The Kier molecular flexibility index (Phi) is 3.86. The zero-order valence-electron chi connectivity index (χ0n) is 2.88. The van der Waals surface area contributed by atoms with Gasteiger partial charge in [0.15, 0.2) is 0 Å². The first-order valence-electron chi connectivity index (χ1n) is 1.21. The molecule has 6 heavy (non-hydrogen) atoms. The van der Waals surface area contributed by atoms with Gasteiger partial charge in [0, 0.05) is 17.1 Å². The summed E-state index contributed by atoms with van der Waals surface area (Å²) in [5.41, 5.74) is 0. The molecule has 0 bridgehead atoms. The number of thiol groups is 1. The Morgan fingerprint density at radius 3 is 2.50 bits per heavy atom. The molecule has 0 heterocycles. The van der Waals surface area contributed by atoms with E-state index < -0.39 is 11.3 Å². The fourth-order valence-corrected chi connectivity index (χ4v) is 0.474. The van der Waals surface area contributed by atoms with Gasteiger partial charge in [-0.25, -0.2) is 4.72 Å². The lowest BCUT2D eigenvalue weighted by atomic mass is 11.5. The lowest BCUT2D eigenvalue weighted by Gasteiger charge is -1.99. The van der Waals surface area contributed by atoms with E-state index in [0.29, 0.717) is 0 Å². The van der Waals surface area contributed by atoms with Gasteiger partial charge in [0.05, 0.1) is 0 Å². The summed E-state index contributed by atoms with van der Waals surface area (Å²) in [6, 6.07) is 0. The summed E-state index contributed by atoms with van der Waals surface area (Å²) in [5, 5.41) is 0. The van der Waals surface area contributed by atoms with Gasteiger partial charge >= 0.3 is 0 Å². The summed E-state index contributed by atoms with van der Waals surface area (Å²) in [6.45, 7) is 0. The van der Waals surface area contributed by atoms with Crippen LogP contribution in [0.25, 0.3) is 0 Å². The molecule has 0 aromatic heterocycles. The molecule has 3 nitrogen and oxygen atoms in total. The maximum Gasteiger partial charge on any atom is 0.0498 e. The molecular formula is CH4NO2S2-. The quantitative estimate of drug-likeness (QED) is 0.291. The van der Waals surface area contributed by atoms with Crippen LogP contribution in [0.5, 0.6) is 0 Å². The lowest BCUT2D eigenvalue weighted by Crippen LogP contribution is -2.13. The summed E-state index contributed by atoms with van der Waals surface area (Å²) in [5.74, 6) is 0.163. The summed E-state index contributed by atoms with van der Waals surface area (Å²) in [7, 11) is 0. The Bertz CT molecular complexity index is 55.5. The van der Waals surface area contributed by atoms with Crippen LogP contribution in [0.4, 0.5) is 0 Å². The van der Waals surface area contributed by atoms with E-state index in [4.69, 9.17) is 0 Å². The van der Waals surface area contributed by atoms with Gasteiger partial charge in [-0.1, -0.05) is 0 Å². The Morgan fingerprint density at radius 2 is 2.50 bits per heavy atom. The third-order valence-electron chi connectivity index (χ3n) is 0.182. The smallest absolute Gasteiger partial charge is 0.0498 e. The van der Waals surface area contributed by atoms with Crippen molar-refractivity contribution in [2.45, 2.75) is 0 Å². The Morgan fingerprint density at radius 1 is 2.00 bits per heavy atom. The van der Waals surface area contributed by atoms with Gasteiger partial charge in [-0.05, 0) is 0 Å². The van der Waals surface area contributed by atoms with Crippen LogP contribution < -0.4 is 4.72 Å². The third-order valence-corrected chi connectivity index (χ3v) is 0.935. The van der Waals surface area contributed by atoms with Crippen LogP contribution in [0.2, 0.25) is 0 Å². The molecule has 0 aliphatic rings. The van der Waals surface area contributed by atoms with Crippen molar-refractivity contribution in [3.8, 4) is 0 Å². The predicted octanol–water partition coefficient (Wildman–Crippen LogP) is -0.743. The number of hydrogen-bond donors (Lipinski definition) is 2. The zero-order valence-corrected chi connectivity index (χ0v) is 4.59. The molecule has 1 unspecified atom stereocenters. The molecule has 1 atom stereocenters. The Balaban J connectivity index is 2.83. The van der Waals surface area contributed by atoms with Gasteiger partial charge in [0.1, 0.15) is 0 Å². The van der Waals surface area contributed by atoms with Gasteiger partial charge in [0.25, 0.3) is 0 Å². The molecule has 0 saturated heterocycles. The van der Waals surface area contributed by atoms with Crippen molar-refractivity contribution < 1.29 is 8.76 Å². The van der Waals surface area contributed by atoms with E-state index in [9.17, 15) is 8.76 Å². The van der Waals surface area contributed by atoms with Crippen LogP contribution >= 0.6 is 12.6 Å². The maximum atomic E-state index is 9.44. The lowest BCUT2D eigenvalue weighted by molar-refractivity contribution is 0.528. The van der Waals surface area contributed by atoms with Gasteiger partial charge in [-0.2, -0.15) is 12.6 Å². The maximum absolute atomic E-state index is 9.44. The molecule has 1 N–H and O–H groups in total. The molecule has 0 radical (unpaired) electrons. The largest absolute Gasteiger partial charge is 0.760 e. The SMILES string of the molecule is O=S([O-])NCS. The van der Waals surface area contributed by atoms with E-state index in [1.165, 1.54) is 0 Å². The number of nitrogens with one attached hydrogen (secondary N) is 1. The molecule has 5 heteroatoms. The second kappa shape index (κ2) is 3.60. The molecule has 0 aliphatic heterocycles. The van der Waals surface area contributed by atoms with Gasteiger partial charge in [-0.3, -0.25) is 4.21 Å². The molecule has 0 fully saturated rings. The van der Waals surface area contributed by atoms with Crippen molar-refractivity contribution in [2.75, 3.05) is 5.88 Å². The molecule has 0 spiro atoms. The molecule has 0 rings (SSSR count). The second-order valence-electron chi connectivity index (χ2n) is 0.537. The monoisotopic (exact) mass is 126 g/mol. The van der Waals surface area contributed by atoms with Crippen molar-refractivity contribution in [2.24, 2.45) is 0 Å². The van der Waals surface area contributed by atoms with Crippen molar-refractivity contribution >= 4 is 23.9 Å². The minimum atomic E-state index is -2.14. The highest BCUT2D eigenvalue weighted by atomic mass is 32.2. The van der Waals surface area contributed by atoms with Gasteiger partial charge in [-0.15, -0.1) is 0 Å². The van der Waals surface area contributed by atoms with Crippen LogP contribution in [-0.4, -0.2) is 14.6 Å². The van der Waals surface area contributed by atoms with Crippen molar-refractivity contribution in [3.05, 3.63) is 0 Å². The van der Waals surface area contributed by atoms with Crippen LogP contribution in [0.3, 0.4) is 0 Å². The summed E-state index contributed by atoms with van der Waals surface area (Å²) in [6.07, 6.45) is 0. The molecule has 0 aromatic carbocycles. The van der Waals surface area contributed by atoms with E-state index >= 15 is 0 Å². The van der Waals surface area contributed by atoms with Crippen molar-refractivity contribution in [1.82, 2.24) is 4.72 Å². The van der Waals surface area contributed by atoms with E-state index in [1.807, 2.05) is 4.72 Å². The summed E-state index contributed by atoms with van der Waals surface area (Å²) in [4.78, 5) is 0. The average Bonchev–Trinajstić information content (AvgIpc) is 1.35. The molecule has 38 valence electrons. The first-order valence-corrected chi connectivity index (χ1v) is 2.91. The molecule has 0 amide bonds. The summed E-state index contributed by atoms with van der Waals surface area (Å²) >= 11 is 1.41. The van der Waals surface area contributed by atoms with Gasteiger partial charge in [0.2, 0.25) is 0 Å². The van der Waals surface area contributed by atoms with Crippen LogP contribution in [0.1, 0.15) is 0 Å². The van der Waals surface area contributed by atoms with E-state index in [-0.39, 0.29) is 5.88 Å². The zero-order chi connectivity index (χ0) is 4.99. The highest BCUT2D eigenvalue weighted by Crippen LogP contribution is 1.64. The molecular weight excluding hydrogens is 122 g/mol. The third kappa shape index (κ3) is 4.42. The standard InChI is InChI=1S/CH5NO2S2/c3-6(4)2-1-5/h2,5H,1H2,(H,3,4)/p-1. The topological polar surface area (TPSA) is 52.2 Å². The second-order valence-corrected chi connectivity index (χ2v) is 1.61. The molecule has 0 aromatic rings. The van der Waals surface area contributed by atoms with E-state index in [0.717, 1.165) is 0 Å². The van der Waals surface area contributed by atoms with Crippen LogP contribution in [-0.2, 0) is 11.3 Å². The number of hydrogen-bond acceptors (Lipinski definition) is 3. The van der Waals surface area contributed by atoms with Crippen molar-refractivity contribution in [3.63, 3.8) is 0 Å². The average molecular weight is 126 g/mol. The first kappa shape index (κ1) is 6.42. The highest BCUT2D eigenvalue weighted by Gasteiger charge is 1.68. The first-order chi connectivity index (χ1) is 2.77. The van der Waals surface area contributed by atoms with E-state index in [1.54, 1.807) is 0 Å². The highest BCUT2D eigenvalue weighted by molar-refractivity contribution is 7.82. The predicted molar refractivity (Wildman–Crippen MR) is 25.9 cm³/mol. The van der Waals surface area contributed by atoms with Crippen LogP contribution in [0.15, 0.2) is 0 Å². The fraction of sp³-hybridized carbons (Fsp3) is 1.00. The summed E-state index contributed by atoms with van der Waals surface area (Å²) < 4.78 is 20.9. The fourth-order valence-electron chi connectivity index (χ4n) is 0.0527. The van der Waals surface area contributed by atoms with Crippen molar-refractivity contribution in [1.29, 1.82) is 0 Å². The molecule has 0 aliphatic carbocycles. The van der Waals surface area contributed by atoms with Crippen LogP contribution in [0, 0.1) is 0 Å². The van der Waals surface area contributed by atoms with E-state index in [2.05, 4.69) is 12.6 Å². The minimum absolute atomic E-state index is 0.163.